The summed E-state index contributed by atoms with van der Waals surface area (Å²) in [5, 5.41) is 3.38. The molecule has 0 bridgehead atoms. The van der Waals surface area contributed by atoms with Gasteiger partial charge in [0.05, 0.1) is 0 Å². The number of nitrogens with zero attached hydrogens (tertiary/aromatic N) is 1. The van der Waals surface area contributed by atoms with Gasteiger partial charge < -0.3 is 5.32 Å². The van der Waals surface area contributed by atoms with E-state index in [2.05, 4.69) is 41.5 Å². The first-order valence-corrected chi connectivity index (χ1v) is 7.88. The molecule has 1 heterocycles. The fraction of sp³-hybridized carbons (Fsp3) is 0.647. The minimum atomic E-state index is 0.666. The zero-order valence-electron chi connectivity index (χ0n) is 12.1. The van der Waals surface area contributed by atoms with Crippen molar-refractivity contribution >= 4 is 0 Å². The largest absolute Gasteiger partial charge is 0.318 e. The quantitative estimate of drug-likeness (QED) is 0.838. The van der Waals surface area contributed by atoms with E-state index in [4.69, 9.17) is 0 Å². The number of likely N-dealkylation sites (N-methyl/N-ethyl adjacent to an activating group) is 1. The smallest absolute Gasteiger partial charge is 0.0354 e. The molecule has 2 heteroatoms. The Morgan fingerprint density at radius 3 is 2.95 bits per heavy atom. The second-order valence-corrected chi connectivity index (χ2v) is 6.05. The van der Waals surface area contributed by atoms with Gasteiger partial charge in [-0.25, -0.2) is 0 Å². The van der Waals surface area contributed by atoms with Crippen LogP contribution in [0.15, 0.2) is 24.3 Å². The molecule has 1 aliphatic carbocycles. The maximum absolute atomic E-state index is 3.38. The van der Waals surface area contributed by atoms with E-state index in [1.54, 1.807) is 11.1 Å². The molecule has 1 aromatic carbocycles. The molecule has 3 rings (SSSR count). The highest BCUT2D eigenvalue weighted by Gasteiger charge is 2.32. The molecule has 2 nitrogen and oxygen atoms in total. The predicted octanol–water partition coefficient (Wildman–Crippen LogP) is 3.14. The molecule has 2 aliphatic rings. The molecule has 1 saturated heterocycles. The highest BCUT2D eigenvalue weighted by Crippen LogP contribution is 2.37. The molecule has 1 aliphatic heterocycles. The first-order valence-electron chi connectivity index (χ1n) is 7.88. The van der Waals surface area contributed by atoms with Crippen LogP contribution in [0.3, 0.4) is 0 Å². The van der Waals surface area contributed by atoms with E-state index in [-0.39, 0.29) is 0 Å². The third-order valence-electron chi connectivity index (χ3n) is 4.85. The molecule has 1 aromatic rings. The van der Waals surface area contributed by atoms with Gasteiger partial charge in [-0.05, 0) is 56.8 Å². The highest BCUT2D eigenvalue weighted by molar-refractivity contribution is 5.31. The third kappa shape index (κ3) is 2.70. The molecular formula is C17H26N2. The van der Waals surface area contributed by atoms with Crippen LogP contribution in [0, 0.1) is 0 Å². The molecule has 0 amide bonds. The molecule has 1 N–H and O–H groups in total. The van der Waals surface area contributed by atoms with E-state index in [1.807, 2.05) is 0 Å². The van der Waals surface area contributed by atoms with Crippen LogP contribution in [0.1, 0.15) is 49.3 Å². The van der Waals surface area contributed by atoms with Crippen LogP contribution in [-0.2, 0) is 6.42 Å². The summed E-state index contributed by atoms with van der Waals surface area (Å²) in [6.45, 7) is 2.42. The van der Waals surface area contributed by atoms with E-state index in [1.165, 1.54) is 45.1 Å². The number of benzene rings is 1. The third-order valence-corrected chi connectivity index (χ3v) is 4.85. The summed E-state index contributed by atoms with van der Waals surface area (Å²) in [5.74, 6) is 0. The van der Waals surface area contributed by atoms with Crippen LogP contribution in [0.5, 0.6) is 0 Å². The van der Waals surface area contributed by atoms with Gasteiger partial charge >= 0.3 is 0 Å². The van der Waals surface area contributed by atoms with Crippen molar-refractivity contribution in [1.29, 1.82) is 0 Å². The summed E-state index contributed by atoms with van der Waals surface area (Å²) in [6.07, 6.45) is 8.08. The zero-order chi connectivity index (χ0) is 13.1. The number of likely N-dealkylation sites (tertiary alicyclic amines) is 1. The monoisotopic (exact) mass is 258 g/mol. The number of nitrogens with one attached hydrogen (secondary N) is 1. The number of hydrogen-bond acceptors (Lipinski definition) is 2. The maximum atomic E-state index is 3.38. The highest BCUT2D eigenvalue weighted by atomic mass is 15.2. The second kappa shape index (κ2) is 6.06. The van der Waals surface area contributed by atoms with Crippen molar-refractivity contribution in [1.82, 2.24) is 10.2 Å². The van der Waals surface area contributed by atoms with Crippen molar-refractivity contribution in [2.75, 3.05) is 20.1 Å². The Hall–Kier alpha value is -0.860. The van der Waals surface area contributed by atoms with Crippen molar-refractivity contribution in [2.45, 2.75) is 50.6 Å². The van der Waals surface area contributed by atoms with Gasteiger partial charge in [-0.2, -0.15) is 0 Å². The summed E-state index contributed by atoms with van der Waals surface area (Å²) < 4.78 is 0. The molecule has 19 heavy (non-hydrogen) atoms. The van der Waals surface area contributed by atoms with Gasteiger partial charge in [-0.1, -0.05) is 30.7 Å². The summed E-state index contributed by atoms with van der Waals surface area (Å²) in [7, 11) is 2.08. The average molecular weight is 258 g/mol. The van der Waals surface area contributed by atoms with Gasteiger partial charge in [0, 0.05) is 18.6 Å². The van der Waals surface area contributed by atoms with Crippen molar-refractivity contribution in [3.05, 3.63) is 35.4 Å². The van der Waals surface area contributed by atoms with Gasteiger partial charge in [0.2, 0.25) is 0 Å². The Bertz CT molecular complexity index is 415. The Labute approximate surface area is 117 Å². The molecule has 104 valence electrons. The lowest BCUT2D eigenvalue weighted by Gasteiger charge is -2.33. The van der Waals surface area contributed by atoms with Crippen LogP contribution < -0.4 is 5.32 Å². The topological polar surface area (TPSA) is 15.3 Å². The minimum absolute atomic E-state index is 0.666. The Balaban J connectivity index is 1.87. The molecule has 0 radical (unpaired) electrons. The van der Waals surface area contributed by atoms with Gasteiger partial charge in [0.15, 0.2) is 0 Å². The molecular weight excluding hydrogens is 232 g/mol. The lowest BCUT2D eigenvalue weighted by Crippen LogP contribution is -2.39. The van der Waals surface area contributed by atoms with Gasteiger partial charge in [0.25, 0.3) is 0 Å². The zero-order valence-corrected chi connectivity index (χ0v) is 12.1. The summed E-state index contributed by atoms with van der Waals surface area (Å²) >= 11 is 0. The van der Waals surface area contributed by atoms with Crippen molar-refractivity contribution < 1.29 is 0 Å². The van der Waals surface area contributed by atoms with Crippen LogP contribution in [0.4, 0.5) is 0 Å². The van der Waals surface area contributed by atoms with Crippen molar-refractivity contribution in [2.24, 2.45) is 0 Å². The molecule has 2 unspecified atom stereocenters. The van der Waals surface area contributed by atoms with Gasteiger partial charge in [-0.15, -0.1) is 0 Å². The first kappa shape index (κ1) is 13.1. The summed E-state index contributed by atoms with van der Waals surface area (Å²) in [6, 6.07) is 10.5. The fourth-order valence-electron chi connectivity index (χ4n) is 3.96. The molecule has 0 spiro atoms. The van der Waals surface area contributed by atoms with Crippen molar-refractivity contribution in [3.63, 3.8) is 0 Å². The molecule has 1 fully saturated rings. The fourth-order valence-corrected chi connectivity index (χ4v) is 3.96. The number of aryl methyl sites for hydroxylation is 1. The first-order chi connectivity index (χ1) is 9.40. The Morgan fingerprint density at radius 2 is 2.05 bits per heavy atom. The summed E-state index contributed by atoms with van der Waals surface area (Å²) in [5.41, 5.74) is 3.21. The van der Waals surface area contributed by atoms with Crippen molar-refractivity contribution in [3.8, 4) is 0 Å². The number of hydrogen-bond donors (Lipinski definition) is 1. The van der Waals surface area contributed by atoms with E-state index >= 15 is 0 Å². The molecule has 2 atom stereocenters. The number of rotatable bonds is 3. The SMILES string of the molecule is CNCC1CCCN1C1CCCCc2ccccc21. The molecule has 0 aromatic heterocycles. The Morgan fingerprint density at radius 1 is 1.16 bits per heavy atom. The second-order valence-electron chi connectivity index (χ2n) is 6.05. The van der Waals surface area contributed by atoms with E-state index in [0.29, 0.717) is 6.04 Å². The van der Waals surface area contributed by atoms with Gasteiger partial charge in [-0.3, -0.25) is 4.90 Å². The van der Waals surface area contributed by atoms with E-state index in [9.17, 15) is 0 Å². The number of fused-ring (bicyclic) bond motifs is 1. The predicted molar refractivity (Wildman–Crippen MR) is 80.4 cm³/mol. The maximum Gasteiger partial charge on any atom is 0.0354 e. The van der Waals surface area contributed by atoms with E-state index < -0.39 is 0 Å². The minimum Gasteiger partial charge on any atom is -0.318 e. The average Bonchev–Trinajstić information content (AvgIpc) is 2.78. The van der Waals surface area contributed by atoms with E-state index in [0.717, 1.165) is 12.6 Å². The van der Waals surface area contributed by atoms with Crippen LogP contribution in [0.25, 0.3) is 0 Å². The standard InChI is InChI=1S/C17H26N2/c1-18-13-15-9-6-12-19(15)17-11-5-3-8-14-7-2-4-10-16(14)17/h2,4,7,10,15,17-18H,3,5-6,8-9,11-13H2,1H3. The summed E-state index contributed by atoms with van der Waals surface area (Å²) in [4.78, 5) is 2.78. The lowest BCUT2D eigenvalue weighted by molar-refractivity contribution is 0.169. The van der Waals surface area contributed by atoms with Crippen LogP contribution >= 0.6 is 0 Å². The van der Waals surface area contributed by atoms with Gasteiger partial charge in [0.1, 0.15) is 0 Å². The lowest BCUT2D eigenvalue weighted by atomic mass is 9.97. The molecule has 0 saturated carbocycles. The normalized spacial score (nSPS) is 28.1. The van der Waals surface area contributed by atoms with Crippen LogP contribution in [0.2, 0.25) is 0 Å². The van der Waals surface area contributed by atoms with Crippen LogP contribution in [-0.4, -0.2) is 31.1 Å². The Kier molecular flexibility index (Phi) is 4.19.